The van der Waals surface area contributed by atoms with Crippen LogP contribution in [0.2, 0.25) is 0 Å². The second-order valence-electron chi connectivity index (χ2n) is 9.65. The van der Waals surface area contributed by atoms with E-state index in [1.807, 2.05) is 29.1 Å². The summed E-state index contributed by atoms with van der Waals surface area (Å²) in [5.74, 6) is 1.57. The van der Waals surface area contributed by atoms with Gasteiger partial charge in [-0.2, -0.15) is 5.10 Å². The van der Waals surface area contributed by atoms with E-state index in [9.17, 15) is 4.79 Å². The minimum atomic E-state index is -0.0304. The molecule has 3 aromatic rings. The first kappa shape index (κ1) is 20.6. The van der Waals surface area contributed by atoms with E-state index in [0.717, 1.165) is 41.2 Å². The first-order valence-corrected chi connectivity index (χ1v) is 11.2. The van der Waals surface area contributed by atoms with E-state index in [1.165, 1.54) is 11.3 Å². The molecular formula is C26H29N3O3. The van der Waals surface area contributed by atoms with Crippen LogP contribution in [-0.4, -0.2) is 22.5 Å². The molecule has 1 amide bonds. The van der Waals surface area contributed by atoms with Crippen molar-refractivity contribution in [2.45, 2.75) is 52.5 Å². The summed E-state index contributed by atoms with van der Waals surface area (Å²) in [6.45, 7) is 6.86. The maximum absolute atomic E-state index is 12.9. The third kappa shape index (κ3) is 4.09. The Labute approximate surface area is 188 Å². The molecule has 6 heteroatoms. The second-order valence-corrected chi connectivity index (χ2v) is 9.65. The molecule has 0 radical (unpaired) electrons. The van der Waals surface area contributed by atoms with Gasteiger partial charge in [-0.15, -0.1) is 0 Å². The number of nitrogens with one attached hydrogen (secondary N) is 1. The van der Waals surface area contributed by atoms with Crippen LogP contribution in [-0.2, 0) is 17.6 Å². The van der Waals surface area contributed by atoms with Crippen molar-refractivity contribution in [2.24, 2.45) is 5.41 Å². The van der Waals surface area contributed by atoms with Gasteiger partial charge in [0.05, 0.1) is 23.6 Å². The Morgan fingerprint density at radius 2 is 1.94 bits per heavy atom. The van der Waals surface area contributed by atoms with Crippen LogP contribution in [0.4, 0.5) is 0 Å². The minimum Gasteiger partial charge on any atom is -0.454 e. The van der Waals surface area contributed by atoms with Crippen LogP contribution in [0.5, 0.6) is 11.5 Å². The molecule has 1 aromatic heterocycles. The number of carbonyl (C=O) groups is 1. The quantitative estimate of drug-likeness (QED) is 0.638. The molecule has 6 nitrogen and oxygen atoms in total. The summed E-state index contributed by atoms with van der Waals surface area (Å²) in [6.07, 6.45) is 4.84. The van der Waals surface area contributed by atoms with Gasteiger partial charge in [0.15, 0.2) is 11.5 Å². The summed E-state index contributed by atoms with van der Waals surface area (Å²) >= 11 is 0. The standard InChI is InChI=1S/C26H29N3O3/c1-17-4-8-19(9-5-17)29-22-14-26(2,3)13-21(20(22)15-27-29)28-25(30)11-7-18-6-10-23-24(12-18)32-16-31-23/h4-6,8-10,12,15,21H,7,11,13-14,16H2,1-3H3,(H,28,30)/t21-/m1/s1. The van der Waals surface area contributed by atoms with Crippen molar-refractivity contribution in [3.05, 3.63) is 71.0 Å². The number of aryl methyl sites for hydroxylation is 2. The van der Waals surface area contributed by atoms with Gasteiger partial charge in [-0.25, -0.2) is 4.68 Å². The highest BCUT2D eigenvalue weighted by atomic mass is 16.7. The fraction of sp³-hybridized carbons (Fsp3) is 0.385. The molecule has 2 heterocycles. The molecule has 5 rings (SSSR count). The zero-order valence-corrected chi connectivity index (χ0v) is 18.9. The average molecular weight is 432 g/mol. The first-order chi connectivity index (χ1) is 15.4. The molecule has 0 saturated carbocycles. The van der Waals surface area contributed by atoms with Gasteiger partial charge in [0.1, 0.15) is 0 Å². The van der Waals surface area contributed by atoms with E-state index in [0.29, 0.717) is 12.8 Å². The number of nitrogens with zero attached hydrogens (tertiary/aromatic N) is 2. The number of fused-ring (bicyclic) bond motifs is 2. The average Bonchev–Trinajstić information content (AvgIpc) is 3.38. The highest BCUT2D eigenvalue weighted by Crippen LogP contribution is 2.41. The van der Waals surface area contributed by atoms with Gasteiger partial charge in [0, 0.05) is 12.0 Å². The Hall–Kier alpha value is -3.28. The molecule has 0 fully saturated rings. The highest BCUT2D eigenvalue weighted by molar-refractivity contribution is 5.77. The van der Waals surface area contributed by atoms with E-state index in [2.05, 4.69) is 55.5 Å². The van der Waals surface area contributed by atoms with Crippen molar-refractivity contribution in [1.29, 1.82) is 0 Å². The Kier molecular flexibility index (Phi) is 5.16. The summed E-state index contributed by atoms with van der Waals surface area (Å²) in [5.41, 5.74) is 5.74. The van der Waals surface area contributed by atoms with Crippen molar-refractivity contribution in [2.75, 3.05) is 6.79 Å². The lowest BCUT2D eigenvalue weighted by Crippen LogP contribution is -2.36. The normalized spacial score (nSPS) is 18.3. The predicted molar refractivity (Wildman–Crippen MR) is 122 cm³/mol. The van der Waals surface area contributed by atoms with Crippen LogP contribution in [0.3, 0.4) is 0 Å². The van der Waals surface area contributed by atoms with Crippen molar-refractivity contribution >= 4 is 5.91 Å². The maximum Gasteiger partial charge on any atom is 0.231 e. The molecule has 0 unspecified atom stereocenters. The SMILES string of the molecule is Cc1ccc(-n2ncc3c2CC(C)(C)C[C@H]3NC(=O)CCc2ccc3c(c2)OCO3)cc1. The van der Waals surface area contributed by atoms with Crippen molar-refractivity contribution < 1.29 is 14.3 Å². The molecule has 2 aliphatic rings. The monoisotopic (exact) mass is 431 g/mol. The third-order valence-electron chi connectivity index (χ3n) is 6.37. The fourth-order valence-electron chi connectivity index (χ4n) is 4.70. The van der Waals surface area contributed by atoms with Gasteiger partial charge in [0.25, 0.3) is 0 Å². The molecule has 2 aromatic carbocycles. The summed E-state index contributed by atoms with van der Waals surface area (Å²) in [4.78, 5) is 12.9. The van der Waals surface area contributed by atoms with Crippen LogP contribution in [0.25, 0.3) is 5.69 Å². The summed E-state index contributed by atoms with van der Waals surface area (Å²) in [5, 5.41) is 7.97. The number of rotatable bonds is 5. The fourth-order valence-corrected chi connectivity index (χ4v) is 4.70. The molecule has 1 aliphatic carbocycles. The molecule has 1 N–H and O–H groups in total. The van der Waals surface area contributed by atoms with Gasteiger partial charge in [-0.1, -0.05) is 37.6 Å². The summed E-state index contributed by atoms with van der Waals surface area (Å²) in [7, 11) is 0. The maximum atomic E-state index is 12.9. The topological polar surface area (TPSA) is 65.4 Å². The summed E-state index contributed by atoms with van der Waals surface area (Å²) in [6, 6.07) is 14.2. The van der Waals surface area contributed by atoms with Crippen molar-refractivity contribution in [3.63, 3.8) is 0 Å². The number of benzene rings is 2. The number of ether oxygens (including phenoxy) is 2. The van der Waals surface area contributed by atoms with Gasteiger partial charge in [0.2, 0.25) is 12.7 Å². The number of hydrogen-bond donors (Lipinski definition) is 1. The zero-order chi connectivity index (χ0) is 22.3. The van der Waals surface area contributed by atoms with E-state index in [4.69, 9.17) is 9.47 Å². The largest absolute Gasteiger partial charge is 0.454 e. The number of hydrogen-bond acceptors (Lipinski definition) is 4. The van der Waals surface area contributed by atoms with E-state index >= 15 is 0 Å². The zero-order valence-electron chi connectivity index (χ0n) is 18.9. The molecule has 0 saturated heterocycles. The van der Waals surface area contributed by atoms with Crippen LogP contribution in [0.1, 0.15) is 55.1 Å². The molecule has 0 spiro atoms. The van der Waals surface area contributed by atoms with Crippen molar-refractivity contribution in [1.82, 2.24) is 15.1 Å². The van der Waals surface area contributed by atoms with Crippen LogP contribution in [0, 0.1) is 12.3 Å². The Morgan fingerprint density at radius 3 is 2.75 bits per heavy atom. The molecule has 166 valence electrons. The Bertz CT molecular complexity index is 1150. The van der Waals surface area contributed by atoms with Crippen LogP contribution < -0.4 is 14.8 Å². The molecule has 1 aliphatic heterocycles. The van der Waals surface area contributed by atoms with E-state index in [-0.39, 0.29) is 24.2 Å². The molecule has 0 bridgehead atoms. The molecule has 32 heavy (non-hydrogen) atoms. The van der Waals surface area contributed by atoms with E-state index < -0.39 is 0 Å². The number of amides is 1. The second kappa shape index (κ2) is 8.01. The van der Waals surface area contributed by atoms with Gasteiger partial charge in [-0.05, 0) is 61.4 Å². The number of carbonyl (C=O) groups excluding carboxylic acids is 1. The van der Waals surface area contributed by atoms with Crippen molar-refractivity contribution in [3.8, 4) is 17.2 Å². The minimum absolute atomic E-state index is 0.0304. The lowest BCUT2D eigenvalue weighted by molar-refractivity contribution is -0.122. The molecular weight excluding hydrogens is 402 g/mol. The van der Waals surface area contributed by atoms with Gasteiger partial charge in [-0.3, -0.25) is 4.79 Å². The lowest BCUT2D eigenvalue weighted by atomic mass is 9.74. The first-order valence-electron chi connectivity index (χ1n) is 11.2. The number of aromatic nitrogens is 2. The van der Waals surface area contributed by atoms with Crippen LogP contribution in [0.15, 0.2) is 48.7 Å². The Morgan fingerprint density at radius 1 is 1.16 bits per heavy atom. The Balaban J connectivity index is 1.31. The van der Waals surface area contributed by atoms with Gasteiger partial charge < -0.3 is 14.8 Å². The smallest absolute Gasteiger partial charge is 0.231 e. The lowest BCUT2D eigenvalue weighted by Gasteiger charge is -2.36. The van der Waals surface area contributed by atoms with E-state index in [1.54, 1.807) is 0 Å². The van der Waals surface area contributed by atoms with Gasteiger partial charge >= 0.3 is 0 Å². The third-order valence-corrected chi connectivity index (χ3v) is 6.37. The highest BCUT2D eigenvalue weighted by Gasteiger charge is 2.36. The molecule has 1 atom stereocenters. The van der Waals surface area contributed by atoms with Crippen LogP contribution >= 0.6 is 0 Å². The summed E-state index contributed by atoms with van der Waals surface area (Å²) < 4.78 is 12.8. The predicted octanol–water partition coefficient (Wildman–Crippen LogP) is 4.67.